The third kappa shape index (κ3) is 4.84. The monoisotopic (exact) mass is 456 g/mol. The predicted molar refractivity (Wildman–Crippen MR) is 126 cm³/mol. The second-order valence-corrected chi connectivity index (χ2v) is 11.2. The summed E-state index contributed by atoms with van der Waals surface area (Å²) in [5, 5.41) is 3.25. The first-order chi connectivity index (χ1) is 15.4. The number of hydrogen-bond donors (Lipinski definition) is 1. The Kier molecular flexibility index (Phi) is 6.86. The Morgan fingerprint density at radius 1 is 1.03 bits per heavy atom. The first-order valence-electron chi connectivity index (χ1n) is 11.3. The maximum atomic E-state index is 13.6. The summed E-state index contributed by atoms with van der Waals surface area (Å²) in [5.74, 6) is 0.977. The van der Waals surface area contributed by atoms with Crippen LogP contribution in [0.15, 0.2) is 54.6 Å². The number of carbonyl (C=O) groups is 1. The van der Waals surface area contributed by atoms with E-state index in [4.69, 9.17) is 4.74 Å². The van der Waals surface area contributed by atoms with Gasteiger partial charge in [-0.05, 0) is 24.5 Å². The highest BCUT2D eigenvalue weighted by atomic mass is 32.2. The van der Waals surface area contributed by atoms with Crippen LogP contribution in [0, 0.1) is 0 Å². The van der Waals surface area contributed by atoms with Crippen LogP contribution in [0.4, 0.5) is 0 Å². The number of methoxy groups -OCH3 is 1. The molecule has 1 atom stereocenters. The van der Waals surface area contributed by atoms with Crippen molar-refractivity contribution in [3.8, 4) is 5.75 Å². The maximum Gasteiger partial charge on any atom is 0.241 e. The van der Waals surface area contributed by atoms with Crippen LogP contribution < -0.4 is 10.1 Å². The van der Waals surface area contributed by atoms with Gasteiger partial charge in [0.15, 0.2) is 9.84 Å². The molecule has 0 spiro atoms. The van der Waals surface area contributed by atoms with E-state index in [1.54, 1.807) is 7.11 Å². The van der Waals surface area contributed by atoms with Crippen molar-refractivity contribution in [2.75, 3.05) is 38.2 Å². The molecule has 2 aliphatic rings. The lowest BCUT2D eigenvalue weighted by Gasteiger charge is -2.36. The highest BCUT2D eigenvalue weighted by molar-refractivity contribution is 7.91. The molecule has 2 fully saturated rings. The highest BCUT2D eigenvalue weighted by Crippen LogP contribution is 2.44. The largest absolute Gasteiger partial charge is 0.496 e. The number of benzene rings is 2. The number of rotatable bonds is 7. The van der Waals surface area contributed by atoms with Crippen molar-refractivity contribution in [3.63, 3.8) is 0 Å². The lowest BCUT2D eigenvalue weighted by molar-refractivity contribution is -0.127. The van der Waals surface area contributed by atoms with E-state index in [1.807, 2.05) is 53.4 Å². The summed E-state index contributed by atoms with van der Waals surface area (Å²) in [6.45, 7) is 1.28. The summed E-state index contributed by atoms with van der Waals surface area (Å²) in [4.78, 5) is 15.6. The van der Waals surface area contributed by atoms with Gasteiger partial charge in [-0.2, -0.15) is 0 Å². The molecule has 1 saturated carbocycles. The van der Waals surface area contributed by atoms with Gasteiger partial charge in [-0.1, -0.05) is 61.4 Å². The molecule has 1 amide bonds. The zero-order valence-electron chi connectivity index (χ0n) is 18.6. The molecule has 2 aromatic rings. The number of nitrogens with one attached hydrogen (secondary N) is 1. The fourth-order valence-corrected chi connectivity index (χ4v) is 6.41. The maximum absolute atomic E-state index is 13.6. The molecule has 6 nitrogen and oxygen atoms in total. The van der Waals surface area contributed by atoms with Crippen LogP contribution in [0.2, 0.25) is 0 Å². The average molecular weight is 457 g/mol. The van der Waals surface area contributed by atoms with E-state index in [1.165, 1.54) is 0 Å². The van der Waals surface area contributed by atoms with E-state index >= 15 is 0 Å². The Balaban J connectivity index is 1.56. The lowest BCUT2D eigenvalue weighted by atomic mass is 9.78. The summed E-state index contributed by atoms with van der Waals surface area (Å²) in [7, 11) is -1.33. The quantitative estimate of drug-likeness (QED) is 0.693. The second kappa shape index (κ2) is 9.63. The van der Waals surface area contributed by atoms with E-state index in [-0.39, 0.29) is 22.8 Å². The summed E-state index contributed by atoms with van der Waals surface area (Å²) in [5.41, 5.74) is 1.90. The SMILES string of the molecule is COc1ccccc1C1(CNC(=O)C(c2ccccc2)N2CCS(=O)(=O)CC2)CCCC1. The molecule has 1 aliphatic heterocycles. The Labute approximate surface area is 190 Å². The normalized spacial score (nSPS) is 21.0. The lowest BCUT2D eigenvalue weighted by Crippen LogP contribution is -2.49. The standard InChI is InChI=1S/C25H32N2O4S/c1-31-22-12-6-5-11-21(22)25(13-7-8-14-25)19-26-24(28)23(20-9-3-2-4-10-20)27-15-17-32(29,30)18-16-27/h2-6,9-12,23H,7-8,13-19H2,1H3,(H,26,28). The minimum absolute atomic E-state index is 0.0725. The van der Waals surface area contributed by atoms with E-state index in [0.717, 1.165) is 42.6 Å². The van der Waals surface area contributed by atoms with E-state index in [2.05, 4.69) is 11.4 Å². The van der Waals surface area contributed by atoms with Crippen molar-refractivity contribution < 1.29 is 17.9 Å². The van der Waals surface area contributed by atoms with Crippen molar-refractivity contribution in [2.45, 2.75) is 37.1 Å². The molecule has 1 heterocycles. The van der Waals surface area contributed by atoms with Gasteiger partial charge in [0, 0.05) is 30.6 Å². The fraction of sp³-hybridized carbons (Fsp3) is 0.480. The van der Waals surface area contributed by atoms with Crippen molar-refractivity contribution in [1.82, 2.24) is 10.2 Å². The zero-order valence-corrected chi connectivity index (χ0v) is 19.4. The third-order valence-corrected chi connectivity index (χ3v) is 8.56. The number of nitrogens with zero attached hydrogens (tertiary/aromatic N) is 1. The second-order valence-electron chi connectivity index (χ2n) is 8.91. The molecule has 1 N–H and O–H groups in total. The fourth-order valence-electron chi connectivity index (χ4n) is 5.18. The minimum Gasteiger partial charge on any atom is -0.496 e. The molecule has 2 aromatic carbocycles. The molecule has 1 aliphatic carbocycles. The van der Waals surface area contributed by atoms with Crippen LogP contribution in [-0.2, 0) is 20.0 Å². The van der Waals surface area contributed by atoms with Gasteiger partial charge in [-0.25, -0.2) is 8.42 Å². The Bertz CT molecular complexity index is 1020. The number of sulfone groups is 1. The molecule has 7 heteroatoms. The number of ether oxygens (including phenoxy) is 1. The Morgan fingerprint density at radius 3 is 2.31 bits per heavy atom. The topological polar surface area (TPSA) is 75.7 Å². The molecule has 172 valence electrons. The molecule has 32 heavy (non-hydrogen) atoms. The summed E-state index contributed by atoms with van der Waals surface area (Å²) in [6.07, 6.45) is 4.26. The Morgan fingerprint density at radius 2 is 1.66 bits per heavy atom. The molecule has 0 radical (unpaired) electrons. The van der Waals surface area contributed by atoms with Gasteiger partial charge in [0.1, 0.15) is 11.8 Å². The van der Waals surface area contributed by atoms with E-state index < -0.39 is 15.9 Å². The summed E-state index contributed by atoms with van der Waals surface area (Å²) >= 11 is 0. The molecule has 1 unspecified atom stereocenters. The van der Waals surface area contributed by atoms with Crippen LogP contribution in [0.3, 0.4) is 0 Å². The van der Waals surface area contributed by atoms with Crippen LogP contribution in [-0.4, -0.2) is 57.5 Å². The van der Waals surface area contributed by atoms with E-state index in [9.17, 15) is 13.2 Å². The van der Waals surface area contributed by atoms with Crippen LogP contribution in [0.5, 0.6) is 5.75 Å². The number of hydrogen-bond acceptors (Lipinski definition) is 5. The Hall–Kier alpha value is -2.38. The van der Waals surface area contributed by atoms with Crippen LogP contribution in [0.25, 0.3) is 0 Å². The predicted octanol–water partition coefficient (Wildman–Crippen LogP) is 3.09. The van der Waals surface area contributed by atoms with Gasteiger partial charge in [-0.15, -0.1) is 0 Å². The number of carbonyl (C=O) groups excluding carboxylic acids is 1. The minimum atomic E-state index is -3.02. The van der Waals surface area contributed by atoms with Gasteiger partial charge in [-0.3, -0.25) is 9.69 Å². The molecular formula is C25H32N2O4S. The van der Waals surface area contributed by atoms with Gasteiger partial charge in [0.2, 0.25) is 5.91 Å². The first kappa shape index (κ1) is 22.8. The first-order valence-corrected chi connectivity index (χ1v) is 13.2. The third-order valence-electron chi connectivity index (χ3n) is 6.95. The number of para-hydroxylation sites is 1. The summed E-state index contributed by atoms with van der Waals surface area (Å²) in [6, 6.07) is 17.3. The zero-order chi connectivity index (χ0) is 22.6. The molecule has 0 bridgehead atoms. The van der Waals surface area contributed by atoms with Crippen LogP contribution >= 0.6 is 0 Å². The van der Waals surface area contributed by atoms with Crippen LogP contribution in [0.1, 0.15) is 42.9 Å². The molecule has 4 rings (SSSR count). The molecular weight excluding hydrogens is 424 g/mol. The molecule has 1 saturated heterocycles. The number of amides is 1. The van der Waals surface area contributed by atoms with Crippen molar-refractivity contribution in [1.29, 1.82) is 0 Å². The van der Waals surface area contributed by atoms with Gasteiger partial charge < -0.3 is 10.1 Å². The highest BCUT2D eigenvalue weighted by Gasteiger charge is 2.39. The molecule has 0 aromatic heterocycles. The average Bonchev–Trinajstić information content (AvgIpc) is 3.30. The van der Waals surface area contributed by atoms with E-state index in [0.29, 0.717) is 19.6 Å². The van der Waals surface area contributed by atoms with Gasteiger partial charge in [0.25, 0.3) is 0 Å². The van der Waals surface area contributed by atoms with Crippen molar-refractivity contribution in [3.05, 3.63) is 65.7 Å². The van der Waals surface area contributed by atoms with Crippen molar-refractivity contribution in [2.24, 2.45) is 0 Å². The van der Waals surface area contributed by atoms with Gasteiger partial charge >= 0.3 is 0 Å². The smallest absolute Gasteiger partial charge is 0.241 e. The van der Waals surface area contributed by atoms with Gasteiger partial charge in [0.05, 0.1) is 18.6 Å². The summed E-state index contributed by atoms with van der Waals surface area (Å²) < 4.78 is 29.5. The van der Waals surface area contributed by atoms with Crippen molar-refractivity contribution >= 4 is 15.7 Å².